The second-order valence-electron chi connectivity index (χ2n) is 4.42. The maximum absolute atomic E-state index is 12.0. The predicted molar refractivity (Wildman–Crippen MR) is 70.0 cm³/mol. The number of benzene rings is 1. The molecule has 2 N–H and O–H groups in total. The van der Waals surface area contributed by atoms with Crippen LogP contribution in [0, 0.1) is 0 Å². The number of nitrogens with one attached hydrogen (secondary N) is 2. The van der Waals surface area contributed by atoms with Gasteiger partial charge in [-0.05, 0) is 23.8 Å². The van der Waals surface area contributed by atoms with Crippen LogP contribution in [0.25, 0.3) is 0 Å². The third-order valence-corrected chi connectivity index (χ3v) is 3.26. The molecule has 0 bridgehead atoms. The normalized spacial score (nSPS) is 16.9. The highest BCUT2D eigenvalue weighted by Crippen LogP contribution is 2.38. The summed E-state index contributed by atoms with van der Waals surface area (Å²) in [5.41, 5.74) is 3.10. The first-order chi connectivity index (χ1) is 9.20. The Hall–Kier alpha value is -2.63. The van der Waals surface area contributed by atoms with Crippen LogP contribution in [0.1, 0.15) is 17.2 Å². The van der Waals surface area contributed by atoms with E-state index in [4.69, 9.17) is 0 Å². The number of hydrogen-bond donors (Lipinski definition) is 2. The van der Waals surface area contributed by atoms with E-state index in [1.54, 1.807) is 31.7 Å². The Kier molecular flexibility index (Phi) is 2.56. The van der Waals surface area contributed by atoms with Gasteiger partial charge in [-0.3, -0.25) is 9.59 Å². The van der Waals surface area contributed by atoms with Crippen LogP contribution in [0.4, 0.5) is 11.4 Å². The zero-order valence-electron chi connectivity index (χ0n) is 10.3. The minimum Gasteiger partial charge on any atom is -0.348 e. The molecule has 3 rings (SSSR count). The molecule has 1 aromatic carbocycles. The number of hydrogen-bond acceptors (Lipinski definition) is 3. The average molecular weight is 256 g/mol. The van der Waals surface area contributed by atoms with Crippen molar-refractivity contribution in [1.82, 2.24) is 9.97 Å². The summed E-state index contributed by atoms with van der Waals surface area (Å²) in [5.74, 6) is -0.498. The molecule has 2 amide bonds. The van der Waals surface area contributed by atoms with Crippen molar-refractivity contribution in [2.45, 2.75) is 5.92 Å². The highest BCUT2D eigenvalue weighted by Gasteiger charge is 2.33. The molecule has 1 aromatic heterocycles. The van der Waals surface area contributed by atoms with Crippen LogP contribution in [0.15, 0.2) is 30.7 Å². The summed E-state index contributed by atoms with van der Waals surface area (Å²) in [6.07, 6.45) is 3.91. The van der Waals surface area contributed by atoms with Crippen molar-refractivity contribution in [1.29, 1.82) is 0 Å². The second kappa shape index (κ2) is 4.24. The lowest BCUT2D eigenvalue weighted by atomic mass is 9.97. The van der Waals surface area contributed by atoms with Gasteiger partial charge in [-0.2, -0.15) is 0 Å². The zero-order valence-corrected chi connectivity index (χ0v) is 10.3. The third-order valence-electron chi connectivity index (χ3n) is 3.26. The fourth-order valence-corrected chi connectivity index (χ4v) is 2.26. The average Bonchev–Trinajstić information content (AvgIpc) is 3.02. The quantitative estimate of drug-likeness (QED) is 0.807. The fraction of sp³-hybridized carbons (Fsp3) is 0.154. The lowest BCUT2D eigenvalue weighted by Crippen LogP contribution is -2.14. The molecular formula is C13H12N4O2. The summed E-state index contributed by atoms with van der Waals surface area (Å²) >= 11 is 0. The van der Waals surface area contributed by atoms with Gasteiger partial charge >= 0.3 is 0 Å². The van der Waals surface area contributed by atoms with Crippen LogP contribution < -0.4 is 10.2 Å². The third kappa shape index (κ3) is 1.77. The SMILES string of the molecule is CN(C=O)c1ccc2c(c1)C(c1cnc[nH]1)C(=O)N2. The summed E-state index contributed by atoms with van der Waals surface area (Å²) < 4.78 is 0. The maximum atomic E-state index is 12.0. The molecule has 1 aliphatic heterocycles. The number of aromatic nitrogens is 2. The largest absolute Gasteiger partial charge is 0.348 e. The summed E-state index contributed by atoms with van der Waals surface area (Å²) in [6, 6.07) is 5.44. The van der Waals surface area contributed by atoms with E-state index >= 15 is 0 Å². The molecular weight excluding hydrogens is 244 g/mol. The van der Waals surface area contributed by atoms with Gasteiger partial charge in [-0.25, -0.2) is 4.98 Å². The smallest absolute Gasteiger partial charge is 0.238 e. The number of anilines is 2. The van der Waals surface area contributed by atoms with Crippen LogP contribution in [-0.2, 0) is 9.59 Å². The van der Waals surface area contributed by atoms with Crippen LogP contribution in [0.2, 0.25) is 0 Å². The number of nitrogens with zero attached hydrogens (tertiary/aromatic N) is 2. The number of amides is 2. The van der Waals surface area contributed by atoms with Crippen LogP contribution in [0.5, 0.6) is 0 Å². The zero-order chi connectivity index (χ0) is 13.4. The Labute approximate surface area is 109 Å². The highest BCUT2D eigenvalue weighted by molar-refractivity contribution is 6.05. The number of fused-ring (bicyclic) bond motifs is 1. The van der Waals surface area contributed by atoms with Gasteiger partial charge in [0, 0.05) is 24.6 Å². The van der Waals surface area contributed by atoms with E-state index < -0.39 is 5.92 Å². The Morgan fingerprint density at radius 1 is 1.42 bits per heavy atom. The minimum atomic E-state index is -0.405. The van der Waals surface area contributed by atoms with Crippen molar-refractivity contribution in [2.24, 2.45) is 0 Å². The molecule has 0 radical (unpaired) electrons. The summed E-state index contributed by atoms with van der Waals surface area (Å²) in [7, 11) is 1.67. The Morgan fingerprint density at radius 3 is 2.95 bits per heavy atom. The van der Waals surface area contributed by atoms with Crippen molar-refractivity contribution < 1.29 is 9.59 Å². The van der Waals surface area contributed by atoms with Gasteiger partial charge in [-0.1, -0.05) is 0 Å². The van der Waals surface area contributed by atoms with Gasteiger partial charge in [0.1, 0.15) is 5.92 Å². The van der Waals surface area contributed by atoms with Crippen molar-refractivity contribution in [3.05, 3.63) is 42.0 Å². The Morgan fingerprint density at radius 2 is 2.26 bits per heavy atom. The first-order valence-electron chi connectivity index (χ1n) is 5.82. The first-order valence-corrected chi connectivity index (χ1v) is 5.82. The van der Waals surface area contributed by atoms with E-state index in [1.807, 2.05) is 6.07 Å². The highest BCUT2D eigenvalue weighted by atomic mass is 16.2. The Balaban J connectivity index is 2.08. The van der Waals surface area contributed by atoms with Gasteiger partial charge in [0.2, 0.25) is 12.3 Å². The van der Waals surface area contributed by atoms with E-state index in [0.717, 1.165) is 29.0 Å². The molecule has 1 atom stereocenters. The minimum absolute atomic E-state index is 0.0924. The molecule has 0 aliphatic carbocycles. The van der Waals surface area contributed by atoms with Crippen molar-refractivity contribution in [3.8, 4) is 0 Å². The number of carbonyl (C=O) groups is 2. The van der Waals surface area contributed by atoms with E-state index in [-0.39, 0.29) is 5.91 Å². The maximum Gasteiger partial charge on any atom is 0.238 e. The van der Waals surface area contributed by atoms with Gasteiger partial charge in [0.15, 0.2) is 0 Å². The molecule has 1 aliphatic rings. The van der Waals surface area contributed by atoms with Crippen LogP contribution in [-0.4, -0.2) is 29.3 Å². The first kappa shape index (κ1) is 11.5. The molecule has 2 aromatic rings. The van der Waals surface area contributed by atoms with E-state index in [9.17, 15) is 9.59 Å². The molecule has 2 heterocycles. The van der Waals surface area contributed by atoms with Crippen LogP contribution in [0.3, 0.4) is 0 Å². The summed E-state index contributed by atoms with van der Waals surface area (Å²) in [5, 5.41) is 2.83. The Bertz CT molecular complexity index is 636. The van der Waals surface area contributed by atoms with Crippen LogP contribution >= 0.6 is 0 Å². The van der Waals surface area contributed by atoms with Gasteiger partial charge in [0.25, 0.3) is 0 Å². The summed E-state index contributed by atoms with van der Waals surface area (Å²) in [6.45, 7) is 0. The van der Waals surface area contributed by atoms with Crippen molar-refractivity contribution in [3.63, 3.8) is 0 Å². The van der Waals surface area contributed by atoms with Crippen molar-refractivity contribution in [2.75, 3.05) is 17.3 Å². The molecule has 19 heavy (non-hydrogen) atoms. The number of aromatic amines is 1. The standard InChI is InChI=1S/C13H12N4O2/c1-17(7-18)8-2-3-10-9(4-8)12(13(19)16-10)11-5-14-6-15-11/h2-7,12H,1H3,(H,14,15)(H,16,19). The fourth-order valence-electron chi connectivity index (χ4n) is 2.26. The monoisotopic (exact) mass is 256 g/mol. The number of rotatable bonds is 3. The molecule has 6 heteroatoms. The summed E-state index contributed by atoms with van der Waals surface area (Å²) in [4.78, 5) is 31.2. The molecule has 1 unspecified atom stereocenters. The van der Waals surface area contributed by atoms with E-state index in [0.29, 0.717) is 0 Å². The lowest BCUT2D eigenvalue weighted by Gasteiger charge is -2.13. The molecule has 0 fully saturated rings. The molecule has 0 spiro atoms. The number of carbonyl (C=O) groups excluding carboxylic acids is 2. The van der Waals surface area contributed by atoms with Gasteiger partial charge in [-0.15, -0.1) is 0 Å². The molecule has 0 saturated carbocycles. The van der Waals surface area contributed by atoms with Crippen molar-refractivity contribution >= 4 is 23.7 Å². The molecule has 0 saturated heterocycles. The van der Waals surface area contributed by atoms with E-state index in [2.05, 4.69) is 15.3 Å². The topological polar surface area (TPSA) is 78.1 Å². The molecule has 96 valence electrons. The second-order valence-corrected chi connectivity index (χ2v) is 4.42. The van der Waals surface area contributed by atoms with Gasteiger partial charge in [0.05, 0.1) is 12.0 Å². The number of imidazole rings is 1. The predicted octanol–water partition coefficient (Wildman–Crippen LogP) is 1.09. The molecule has 6 nitrogen and oxygen atoms in total. The van der Waals surface area contributed by atoms with Gasteiger partial charge < -0.3 is 15.2 Å². The van der Waals surface area contributed by atoms with E-state index in [1.165, 1.54) is 4.90 Å². The lowest BCUT2D eigenvalue weighted by molar-refractivity contribution is -0.116. The number of H-pyrrole nitrogens is 1.